The Bertz CT molecular complexity index is 1920. The van der Waals surface area contributed by atoms with E-state index in [0.717, 1.165) is 12.7 Å². The maximum Gasteiger partial charge on any atom is 0.407 e. The third-order valence-electron chi connectivity index (χ3n) is 8.55. The van der Waals surface area contributed by atoms with Crippen LogP contribution >= 0.6 is 0 Å². The summed E-state index contributed by atoms with van der Waals surface area (Å²) in [6.45, 7) is 0.222. The summed E-state index contributed by atoms with van der Waals surface area (Å²) in [4.78, 5) is 63.9. The maximum atomic E-state index is 14.2. The smallest absolute Gasteiger partial charge is 0.407 e. The van der Waals surface area contributed by atoms with Gasteiger partial charge in [-0.15, -0.1) is 0 Å². The second kappa shape index (κ2) is 23.0. The van der Waals surface area contributed by atoms with Gasteiger partial charge in [-0.05, 0) is 60.2 Å². The highest BCUT2D eigenvalue weighted by Crippen LogP contribution is 2.23. The lowest BCUT2D eigenvalue weighted by molar-refractivity contribution is -0.165. The van der Waals surface area contributed by atoms with E-state index in [9.17, 15) is 37.1 Å². The third-order valence-corrected chi connectivity index (χ3v) is 8.55. The van der Waals surface area contributed by atoms with Crippen molar-refractivity contribution in [3.05, 3.63) is 132 Å². The predicted octanol–water partition coefficient (Wildman–Crippen LogP) is 5.45. The van der Waals surface area contributed by atoms with Crippen molar-refractivity contribution in [1.82, 2.24) is 26.8 Å². The molecule has 0 spiro atoms. The summed E-state index contributed by atoms with van der Waals surface area (Å²) in [5.74, 6) is -2.54. The second-order valence-corrected chi connectivity index (χ2v) is 13.1. The summed E-state index contributed by atoms with van der Waals surface area (Å²) >= 11 is 0. The predicted molar refractivity (Wildman–Crippen MR) is 207 cm³/mol. The second-order valence-electron chi connectivity index (χ2n) is 13.1. The van der Waals surface area contributed by atoms with Crippen molar-refractivity contribution in [2.45, 2.75) is 69.4 Å². The highest BCUT2D eigenvalue weighted by atomic mass is 19.4. The SMILES string of the molecule is COC(=O)C(Cc1ccccc1)NC(=O)CC(NNC(=O)C(CCCCNC(=O)OCc1ccccc1)NC(=O)Cc1cccc(Oc2ccccc2)c1)C(F)(F)F. The van der Waals surface area contributed by atoms with Gasteiger partial charge in [-0.2, -0.15) is 13.2 Å². The number of hydrazine groups is 1. The number of halogens is 3. The molecule has 5 N–H and O–H groups in total. The van der Waals surface area contributed by atoms with Gasteiger partial charge in [0.05, 0.1) is 20.0 Å². The Kier molecular flexibility index (Phi) is 17.5. The Morgan fingerprint density at radius 2 is 1.29 bits per heavy atom. The summed E-state index contributed by atoms with van der Waals surface area (Å²) in [5.41, 5.74) is 5.88. The van der Waals surface area contributed by atoms with Crippen LogP contribution in [0.3, 0.4) is 0 Å². The first-order chi connectivity index (χ1) is 27.9. The number of carbonyl (C=O) groups excluding carboxylic acids is 5. The van der Waals surface area contributed by atoms with Gasteiger partial charge < -0.3 is 30.2 Å². The molecule has 58 heavy (non-hydrogen) atoms. The number of hydrogen-bond acceptors (Lipinski definition) is 9. The zero-order valence-electron chi connectivity index (χ0n) is 31.8. The van der Waals surface area contributed by atoms with Crippen LogP contribution < -0.4 is 31.5 Å². The van der Waals surface area contributed by atoms with Crippen LogP contribution in [0.5, 0.6) is 11.5 Å². The average Bonchev–Trinajstić information content (AvgIpc) is 3.21. The van der Waals surface area contributed by atoms with Gasteiger partial charge in [-0.25, -0.2) is 15.0 Å². The molecule has 308 valence electrons. The molecule has 0 fully saturated rings. The Labute approximate surface area is 334 Å². The van der Waals surface area contributed by atoms with Gasteiger partial charge >= 0.3 is 18.2 Å². The molecule has 0 radical (unpaired) electrons. The number of benzene rings is 4. The zero-order valence-corrected chi connectivity index (χ0v) is 31.8. The Balaban J connectivity index is 1.36. The molecular formula is C42H46F3N5O8. The number of esters is 1. The van der Waals surface area contributed by atoms with E-state index in [1.165, 1.54) is 0 Å². The van der Waals surface area contributed by atoms with Gasteiger partial charge in [0.2, 0.25) is 11.8 Å². The number of alkyl carbamates (subject to hydrolysis) is 1. The number of nitrogens with one attached hydrogen (secondary N) is 5. The first-order valence-corrected chi connectivity index (χ1v) is 18.5. The molecule has 0 saturated carbocycles. The number of hydrogen-bond donors (Lipinski definition) is 5. The molecule has 0 aliphatic carbocycles. The highest BCUT2D eigenvalue weighted by Gasteiger charge is 2.42. The fourth-order valence-corrected chi connectivity index (χ4v) is 5.60. The van der Waals surface area contributed by atoms with Gasteiger partial charge in [0.15, 0.2) is 0 Å². The largest absolute Gasteiger partial charge is 0.467 e. The molecule has 0 aliphatic heterocycles. The van der Waals surface area contributed by atoms with Gasteiger partial charge in [0.1, 0.15) is 36.2 Å². The number of unbranched alkanes of at least 4 members (excludes halogenated alkanes) is 1. The molecule has 4 aromatic carbocycles. The van der Waals surface area contributed by atoms with Gasteiger partial charge in [0.25, 0.3) is 5.91 Å². The molecule has 0 saturated heterocycles. The number of carbonyl (C=O) groups is 5. The lowest BCUT2D eigenvalue weighted by Gasteiger charge is -2.25. The minimum absolute atomic E-state index is 0.0192. The first-order valence-electron chi connectivity index (χ1n) is 18.5. The summed E-state index contributed by atoms with van der Waals surface area (Å²) in [5, 5.41) is 7.48. The van der Waals surface area contributed by atoms with Crippen LogP contribution in [-0.4, -0.2) is 67.7 Å². The van der Waals surface area contributed by atoms with Gasteiger partial charge in [-0.3, -0.25) is 19.8 Å². The van der Waals surface area contributed by atoms with E-state index in [-0.39, 0.29) is 38.8 Å². The highest BCUT2D eigenvalue weighted by molar-refractivity contribution is 5.88. The van der Waals surface area contributed by atoms with Crippen molar-refractivity contribution in [2.24, 2.45) is 0 Å². The number of methoxy groups -OCH3 is 1. The van der Waals surface area contributed by atoms with Crippen LogP contribution in [0.25, 0.3) is 0 Å². The molecule has 0 bridgehead atoms. The molecule has 0 aliphatic rings. The van der Waals surface area contributed by atoms with Crippen LogP contribution in [0.4, 0.5) is 18.0 Å². The normalized spacial score (nSPS) is 12.6. The fourth-order valence-electron chi connectivity index (χ4n) is 5.60. The van der Waals surface area contributed by atoms with E-state index < -0.39 is 60.5 Å². The van der Waals surface area contributed by atoms with Crippen molar-refractivity contribution in [3.63, 3.8) is 0 Å². The molecule has 4 rings (SSSR count). The Hall–Kier alpha value is -6.42. The average molecular weight is 806 g/mol. The van der Waals surface area contributed by atoms with E-state index in [1.807, 2.05) is 35.1 Å². The molecule has 4 amide bonds. The number of para-hydroxylation sites is 1. The molecule has 0 heterocycles. The number of alkyl halides is 3. The van der Waals surface area contributed by atoms with Gasteiger partial charge in [-0.1, -0.05) is 91.0 Å². The van der Waals surface area contributed by atoms with Crippen LogP contribution in [0, 0.1) is 0 Å². The molecule has 16 heteroatoms. The molecule has 3 unspecified atom stereocenters. The third kappa shape index (κ3) is 16.0. The topological polar surface area (TPSA) is 173 Å². The van der Waals surface area contributed by atoms with E-state index in [4.69, 9.17) is 14.2 Å². The molecule has 13 nitrogen and oxygen atoms in total. The number of amides is 4. The standard InChI is InChI=1S/C42H46F3N5O8/c1-56-40(54)35(25-29-14-5-2-6-15-29)48-38(52)27-36(42(43,44)45)49-50-39(53)34(22-11-12-23-46-41(55)57-28-30-16-7-3-8-17-30)47-37(51)26-31-18-13-21-33(24-31)58-32-19-9-4-10-20-32/h2-10,13-21,24,34-36,49H,11-12,22-23,25-28H2,1H3,(H,46,55)(H,47,51)(H,48,52)(H,50,53). The summed E-state index contributed by atoms with van der Waals surface area (Å²) in [7, 11) is 1.09. The van der Waals surface area contributed by atoms with Crippen molar-refractivity contribution >= 4 is 29.8 Å². The quantitative estimate of drug-likeness (QED) is 0.0418. The fraction of sp³-hybridized carbons (Fsp3) is 0.310. The molecule has 0 aromatic heterocycles. The first kappa shape index (κ1) is 44.3. The molecule has 3 atom stereocenters. The van der Waals surface area contributed by atoms with Crippen LogP contribution in [0.1, 0.15) is 42.4 Å². The van der Waals surface area contributed by atoms with Crippen molar-refractivity contribution < 1.29 is 51.4 Å². The number of ether oxygens (including phenoxy) is 3. The Morgan fingerprint density at radius 3 is 1.95 bits per heavy atom. The van der Waals surface area contributed by atoms with Crippen LogP contribution in [0.15, 0.2) is 115 Å². The minimum atomic E-state index is -5.02. The summed E-state index contributed by atoms with van der Waals surface area (Å²) < 4.78 is 58.2. The minimum Gasteiger partial charge on any atom is -0.467 e. The monoisotopic (exact) mass is 805 g/mol. The number of rotatable bonds is 21. The summed E-state index contributed by atoms with van der Waals surface area (Å²) in [6.07, 6.45) is -6.51. The van der Waals surface area contributed by atoms with E-state index in [2.05, 4.69) is 16.0 Å². The zero-order chi connectivity index (χ0) is 41.8. The van der Waals surface area contributed by atoms with Crippen LogP contribution in [0.2, 0.25) is 0 Å². The van der Waals surface area contributed by atoms with E-state index >= 15 is 0 Å². The lowest BCUT2D eigenvalue weighted by atomic mass is 10.1. The van der Waals surface area contributed by atoms with Gasteiger partial charge in [0, 0.05) is 13.0 Å². The molecule has 4 aromatic rings. The summed E-state index contributed by atoms with van der Waals surface area (Å²) in [6, 6.07) is 28.1. The van der Waals surface area contributed by atoms with E-state index in [1.54, 1.807) is 91.0 Å². The lowest BCUT2D eigenvalue weighted by Crippen LogP contribution is -2.58. The van der Waals surface area contributed by atoms with Crippen molar-refractivity contribution in [3.8, 4) is 11.5 Å². The van der Waals surface area contributed by atoms with E-state index in [0.29, 0.717) is 29.0 Å². The maximum absolute atomic E-state index is 14.2. The van der Waals surface area contributed by atoms with Crippen molar-refractivity contribution in [1.29, 1.82) is 0 Å². The Morgan fingerprint density at radius 1 is 0.690 bits per heavy atom. The van der Waals surface area contributed by atoms with Crippen LogP contribution in [-0.2, 0) is 48.1 Å². The molecular weight excluding hydrogens is 759 g/mol. The van der Waals surface area contributed by atoms with Crippen molar-refractivity contribution in [2.75, 3.05) is 13.7 Å².